The van der Waals surface area contributed by atoms with Gasteiger partial charge in [0.15, 0.2) is 0 Å². The van der Waals surface area contributed by atoms with Gasteiger partial charge >= 0.3 is 0 Å². The lowest BCUT2D eigenvalue weighted by Gasteiger charge is -2.27. The summed E-state index contributed by atoms with van der Waals surface area (Å²) in [6.45, 7) is 2.64. The Morgan fingerprint density at radius 3 is 2.84 bits per heavy atom. The monoisotopic (exact) mass is 264 g/mol. The highest BCUT2D eigenvalue weighted by Gasteiger charge is 2.26. The molecule has 1 aliphatic rings. The quantitative estimate of drug-likeness (QED) is 0.607. The van der Waals surface area contributed by atoms with Crippen molar-refractivity contribution in [2.24, 2.45) is 0 Å². The van der Waals surface area contributed by atoms with Crippen LogP contribution in [0.25, 0.3) is 0 Å². The number of hydrogen-bond donors (Lipinski definition) is 4. The van der Waals surface area contributed by atoms with E-state index in [1.54, 1.807) is 13.0 Å². The topological polar surface area (TPSA) is 81.6 Å². The van der Waals surface area contributed by atoms with E-state index < -0.39 is 5.54 Å². The molecular formula is C14H20N2O3. The number of aliphatic hydroxyl groups excluding tert-OH is 2. The van der Waals surface area contributed by atoms with Crippen LogP contribution in [0, 0.1) is 0 Å². The zero-order valence-electron chi connectivity index (χ0n) is 11.1. The lowest BCUT2D eigenvalue weighted by Crippen LogP contribution is -2.52. The largest absolute Gasteiger partial charge is 0.394 e. The summed E-state index contributed by atoms with van der Waals surface area (Å²) in [5, 5.41) is 24.4. The smallest absolute Gasteiger partial charge is 0.252 e. The summed E-state index contributed by atoms with van der Waals surface area (Å²) in [6.07, 6.45) is 0.813. The van der Waals surface area contributed by atoms with Crippen LogP contribution in [0.4, 0.5) is 0 Å². The molecule has 5 heteroatoms. The average molecular weight is 264 g/mol. The number of carbonyl (C=O) groups excluding carboxylic acids is 1. The van der Waals surface area contributed by atoms with E-state index in [1.165, 1.54) is 0 Å². The number of fused-ring (bicyclic) bond motifs is 1. The first kappa shape index (κ1) is 14.0. The number of rotatable bonds is 4. The third-order valence-corrected chi connectivity index (χ3v) is 3.50. The van der Waals surface area contributed by atoms with Crippen molar-refractivity contribution in [3.8, 4) is 0 Å². The summed E-state index contributed by atoms with van der Waals surface area (Å²) in [6, 6.07) is 5.65. The fraction of sp³-hybridized carbons (Fsp3) is 0.500. The Labute approximate surface area is 112 Å². The van der Waals surface area contributed by atoms with Crippen molar-refractivity contribution in [2.45, 2.75) is 25.4 Å². The zero-order valence-corrected chi connectivity index (χ0v) is 11.1. The normalized spacial score (nSPS) is 14.9. The van der Waals surface area contributed by atoms with Crippen molar-refractivity contribution >= 4 is 5.91 Å². The molecule has 0 fully saturated rings. The number of nitrogens with one attached hydrogen (secondary N) is 2. The van der Waals surface area contributed by atoms with Crippen LogP contribution in [0.15, 0.2) is 18.2 Å². The Morgan fingerprint density at radius 1 is 1.42 bits per heavy atom. The molecule has 1 aromatic carbocycles. The fourth-order valence-corrected chi connectivity index (χ4v) is 2.22. The summed E-state index contributed by atoms with van der Waals surface area (Å²) >= 11 is 0. The number of carbonyl (C=O) groups is 1. The molecule has 1 aromatic rings. The van der Waals surface area contributed by atoms with Gasteiger partial charge in [-0.05, 0) is 37.1 Å². The first-order valence-corrected chi connectivity index (χ1v) is 6.45. The molecule has 1 heterocycles. The van der Waals surface area contributed by atoms with E-state index in [2.05, 4.69) is 10.6 Å². The van der Waals surface area contributed by atoms with Gasteiger partial charge in [-0.15, -0.1) is 0 Å². The lowest BCUT2D eigenvalue weighted by molar-refractivity contribution is 0.0723. The molecule has 2 rings (SSSR count). The molecule has 1 aliphatic heterocycles. The van der Waals surface area contributed by atoms with E-state index in [0.717, 1.165) is 30.6 Å². The highest BCUT2D eigenvalue weighted by Crippen LogP contribution is 2.19. The van der Waals surface area contributed by atoms with Gasteiger partial charge < -0.3 is 20.8 Å². The number of aliphatic hydroxyl groups is 2. The minimum absolute atomic E-state index is 0.246. The molecule has 4 N–H and O–H groups in total. The second-order valence-electron chi connectivity index (χ2n) is 5.20. The Balaban J connectivity index is 2.25. The van der Waals surface area contributed by atoms with E-state index >= 15 is 0 Å². The molecule has 0 bridgehead atoms. The van der Waals surface area contributed by atoms with Crippen LogP contribution in [0.2, 0.25) is 0 Å². The van der Waals surface area contributed by atoms with Crippen molar-refractivity contribution in [3.05, 3.63) is 34.9 Å². The van der Waals surface area contributed by atoms with Crippen LogP contribution in [0.3, 0.4) is 0 Å². The lowest BCUT2D eigenvalue weighted by atomic mass is 9.94. The van der Waals surface area contributed by atoms with E-state index in [4.69, 9.17) is 0 Å². The van der Waals surface area contributed by atoms with Gasteiger partial charge in [-0.25, -0.2) is 0 Å². The zero-order chi connectivity index (χ0) is 13.9. The van der Waals surface area contributed by atoms with E-state index in [0.29, 0.717) is 5.56 Å². The maximum atomic E-state index is 12.3. The molecule has 19 heavy (non-hydrogen) atoms. The van der Waals surface area contributed by atoms with Crippen molar-refractivity contribution in [3.63, 3.8) is 0 Å². The molecule has 0 unspecified atom stereocenters. The first-order chi connectivity index (χ1) is 9.09. The van der Waals surface area contributed by atoms with Gasteiger partial charge in [-0.1, -0.05) is 12.1 Å². The van der Waals surface area contributed by atoms with Gasteiger partial charge in [0.2, 0.25) is 0 Å². The summed E-state index contributed by atoms with van der Waals surface area (Å²) in [5.74, 6) is -0.246. The van der Waals surface area contributed by atoms with Gasteiger partial charge in [-0.2, -0.15) is 0 Å². The Hall–Kier alpha value is -1.43. The van der Waals surface area contributed by atoms with Crippen LogP contribution < -0.4 is 10.6 Å². The van der Waals surface area contributed by atoms with Crippen LogP contribution >= 0.6 is 0 Å². The molecular weight excluding hydrogens is 244 g/mol. The summed E-state index contributed by atoms with van der Waals surface area (Å²) < 4.78 is 0. The van der Waals surface area contributed by atoms with E-state index in [1.807, 2.05) is 12.1 Å². The van der Waals surface area contributed by atoms with E-state index in [-0.39, 0.29) is 19.1 Å². The maximum Gasteiger partial charge on any atom is 0.252 e. The molecule has 0 radical (unpaired) electrons. The third-order valence-electron chi connectivity index (χ3n) is 3.50. The van der Waals surface area contributed by atoms with Crippen LogP contribution in [-0.2, 0) is 13.0 Å². The van der Waals surface area contributed by atoms with Gasteiger partial charge in [0.05, 0.1) is 18.8 Å². The average Bonchev–Trinajstić information content (AvgIpc) is 2.46. The van der Waals surface area contributed by atoms with Crippen LogP contribution in [0.1, 0.15) is 28.4 Å². The second kappa shape index (κ2) is 5.69. The summed E-state index contributed by atoms with van der Waals surface area (Å²) in [4.78, 5) is 12.3. The standard InChI is InChI=1S/C14H20N2O3/c1-14(8-17,9-18)16-13(19)12-4-2-3-10-7-15-6-5-11(10)12/h2-4,15,17-18H,5-9H2,1H3,(H,16,19). The molecule has 5 nitrogen and oxygen atoms in total. The van der Waals surface area contributed by atoms with Crippen molar-refractivity contribution in [1.29, 1.82) is 0 Å². The van der Waals surface area contributed by atoms with Crippen LogP contribution in [0.5, 0.6) is 0 Å². The Kier molecular flexibility index (Phi) is 4.19. The van der Waals surface area contributed by atoms with Crippen molar-refractivity contribution in [1.82, 2.24) is 10.6 Å². The Bertz CT molecular complexity index is 470. The van der Waals surface area contributed by atoms with Gasteiger partial charge in [-0.3, -0.25) is 4.79 Å². The fourth-order valence-electron chi connectivity index (χ4n) is 2.22. The predicted molar refractivity (Wildman–Crippen MR) is 71.9 cm³/mol. The molecule has 1 amide bonds. The third kappa shape index (κ3) is 2.94. The molecule has 0 atom stereocenters. The van der Waals surface area contributed by atoms with Crippen LogP contribution in [-0.4, -0.2) is 41.4 Å². The highest BCUT2D eigenvalue weighted by atomic mass is 16.3. The van der Waals surface area contributed by atoms with Gasteiger partial charge in [0.1, 0.15) is 0 Å². The molecule has 0 saturated heterocycles. The van der Waals surface area contributed by atoms with Crippen molar-refractivity contribution in [2.75, 3.05) is 19.8 Å². The molecule has 0 saturated carbocycles. The number of benzene rings is 1. The highest BCUT2D eigenvalue weighted by molar-refractivity contribution is 5.96. The first-order valence-electron chi connectivity index (χ1n) is 6.45. The Morgan fingerprint density at radius 2 is 2.16 bits per heavy atom. The summed E-state index contributed by atoms with van der Waals surface area (Å²) in [7, 11) is 0. The molecule has 0 aromatic heterocycles. The van der Waals surface area contributed by atoms with E-state index in [9.17, 15) is 15.0 Å². The maximum absolute atomic E-state index is 12.3. The van der Waals surface area contributed by atoms with Gasteiger partial charge in [0, 0.05) is 12.1 Å². The SMILES string of the molecule is CC(CO)(CO)NC(=O)c1cccc2c1CCNC2. The minimum Gasteiger partial charge on any atom is -0.394 e. The summed E-state index contributed by atoms with van der Waals surface area (Å²) in [5.41, 5.74) is 1.82. The van der Waals surface area contributed by atoms with Crippen molar-refractivity contribution < 1.29 is 15.0 Å². The molecule has 0 spiro atoms. The van der Waals surface area contributed by atoms with Gasteiger partial charge in [0.25, 0.3) is 5.91 Å². The molecule has 104 valence electrons. The predicted octanol–water partition coefficient (Wildman–Crippen LogP) is -0.195. The number of hydrogen-bond acceptors (Lipinski definition) is 4. The molecule has 0 aliphatic carbocycles. The number of amides is 1. The minimum atomic E-state index is -0.993. The second-order valence-corrected chi connectivity index (χ2v) is 5.20.